The van der Waals surface area contributed by atoms with E-state index in [1.807, 2.05) is 24.3 Å². The van der Waals surface area contributed by atoms with Crippen LogP contribution in [0.1, 0.15) is 43.0 Å². The summed E-state index contributed by atoms with van der Waals surface area (Å²) in [7, 11) is 0. The number of fused-ring (bicyclic) bond motifs is 3. The smallest absolute Gasteiger partial charge is 0.255 e. The zero-order valence-corrected chi connectivity index (χ0v) is 15.6. The van der Waals surface area contributed by atoms with Crippen molar-refractivity contribution in [1.82, 2.24) is 10.2 Å². The molecule has 2 aliphatic heterocycles. The number of nitrogens with one attached hydrogen (secondary N) is 2. The second kappa shape index (κ2) is 5.96. The summed E-state index contributed by atoms with van der Waals surface area (Å²) in [6.07, 6.45) is 4.70. The Morgan fingerprint density at radius 1 is 1.23 bits per heavy atom. The molecule has 2 bridgehead atoms. The highest BCUT2D eigenvalue weighted by atomic mass is 16.5. The summed E-state index contributed by atoms with van der Waals surface area (Å²) < 4.78 is 5.51. The van der Waals surface area contributed by atoms with Gasteiger partial charge in [0.1, 0.15) is 5.66 Å². The summed E-state index contributed by atoms with van der Waals surface area (Å²) in [6, 6.07) is 7.91. The molecule has 5 nitrogen and oxygen atoms in total. The van der Waals surface area contributed by atoms with E-state index < -0.39 is 0 Å². The van der Waals surface area contributed by atoms with Gasteiger partial charge in [-0.3, -0.25) is 9.69 Å². The molecule has 2 heterocycles. The number of para-hydroxylation sites is 1. The molecule has 26 heavy (non-hydrogen) atoms. The SMILES string of the molecule is C[C@]12CC[C@H](C[C@@H]1CN1CCOCC1)[C@@]1(C2)NC(=O)c2ccccc2N1. The first-order chi connectivity index (χ1) is 12.6. The van der Waals surface area contributed by atoms with Gasteiger partial charge in [-0.25, -0.2) is 0 Å². The largest absolute Gasteiger partial charge is 0.379 e. The first-order valence-electron chi connectivity index (χ1n) is 10.1. The van der Waals surface area contributed by atoms with Crippen LogP contribution >= 0.6 is 0 Å². The van der Waals surface area contributed by atoms with Crippen LogP contribution in [0.25, 0.3) is 0 Å². The van der Waals surface area contributed by atoms with Gasteiger partial charge in [0.15, 0.2) is 0 Å². The van der Waals surface area contributed by atoms with Gasteiger partial charge in [-0.15, -0.1) is 0 Å². The minimum absolute atomic E-state index is 0.0835. The molecule has 0 radical (unpaired) electrons. The molecule has 1 amide bonds. The Kier molecular flexibility index (Phi) is 3.80. The molecule has 1 aromatic rings. The molecule has 1 saturated heterocycles. The molecule has 6 rings (SSSR count). The summed E-state index contributed by atoms with van der Waals surface area (Å²) in [5.74, 6) is 1.30. The van der Waals surface area contributed by atoms with E-state index in [1.54, 1.807) is 0 Å². The van der Waals surface area contributed by atoms with E-state index in [9.17, 15) is 4.79 Å². The van der Waals surface area contributed by atoms with Crippen molar-refractivity contribution in [3.8, 4) is 0 Å². The van der Waals surface area contributed by atoms with Gasteiger partial charge in [0.05, 0.1) is 18.8 Å². The summed E-state index contributed by atoms with van der Waals surface area (Å²) >= 11 is 0. The number of carbonyl (C=O) groups excluding carboxylic acids is 1. The summed E-state index contributed by atoms with van der Waals surface area (Å²) in [6.45, 7) is 7.48. The van der Waals surface area contributed by atoms with Gasteiger partial charge in [-0.2, -0.15) is 0 Å². The van der Waals surface area contributed by atoms with Crippen LogP contribution in [0.4, 0.5) is 5.69 Å². The van der Waals surface area contributed by atoms with Crippen LogP contribution in [0.3, 0.4) is 0 Å². The van der Waals surface area contributed by atoms with Crippen molar-refractivity contribution in [3.05, 3.63) is 29.8 Å². The molecule has 0 unspecified atom stereocenters. The van der Waals surface area contributed by atoms with Crippen molar-refractivity contribution in [2.24, 2.45) is 17.3 Å². The van der Waals surface area contributed by atoms with Crippen molar-refractivity contribution in [2.75, 3.05) is 38.2 Å². The number of ether oxygens (including phenoxy) is 1. The number of amides is 1. The number of anilines is 1. The lowest BCUT2D eigenvalue weighted by Gasteiger charge is -2.62. The average molecular weight is 355 g/mol. The van der Waals surface area contributed by atoms with Gasteiger partial charge in [0, 0.05) is 31.2 Å². The highest BCUT2D eigenvalue weighted by Crippen LogP contribution is 2.58. The van der Waals surface area contributed by atoms with Gasteiger partial charge in [-0.05, 0) is 49.1 Å². The Morgan fingerprint density at radius 2 is 2.04 bits per heavy atom. The molecule has 5 heteroatoms. The quantitative estimate of drug-likeness (QED) is 0.856. The lowest BCUT2D eigenvalue weighted by molar-refractivity contribution is -0.0718. The summed E-state index contributed by atoms with van der Waals surface area (Å²) in [5.41, 5.74) is 1.78. The maximum absolute atomic E-state index is 12.8. The standard InChI is InChI=1S/C21H29N3O2/c1-20-7-6-15(12-16(20)13-24-8-10-26-11-9-24)21(14-20)22-18-5-3-2-4-17(18)19(25)23-21/h2-5,15-16,22H,6-14H2,1H3,(H,23,25)/t15-,16-,20-,21-/m1/s1. The number of morpholine rings is 1. The van der Waals surface area contributed by atoms with E-state index in [-0.39, 0.29) is 17.0 Å². The fourth-order valence-corrected chi connectivity index (χ4v) is 5.93. The van der Waals surface area contributed by atoms with E-state index in [0.717, 1.165) is 44.0 Å². The number of carbonyl (C=O) groups is 1. The van der Waals surface area contributed by atoms with Crippen molar-refractivity contribution in [3.63, 3.8) is 0 Å². The molecule has 1 aromatic carbocycles. The third kappa shape index (κ3) is 2.55. The number of hydrogen-bond donors (Lipinski definition) is 2. The Labute approximate surface area is 155 Å². The second-order valence-corrected chi connectivity index (χ2v) is 9.01. The van der Waals surface area contributed by atoms with E-state index in [1.165, 1.54) is 25.8 Å². The highest BCUT2D eigenvalue weighted by molar-refractivity contribution is 6.02. The molecule has 2 N–H and O–H groups in total. The van der Waals surface area contributed by atoms with Gasteiger partial charge >= 0.3 is 0 Å². The van der Waals surface area contributed by atoms with Gasteiger partial charge in [-0.1, -0.05) is 19.1 Å². The summed E-state index contributed by atoms with van der Waals surface area (Å²) in [5, 5.41) is 7.14. The lowest BCUT2D eigenvalue weighted by atomic mass is 9.51. The van der Waals surface area contributed by atoms with E-state index >= 15 is 0 Å². The van der Waals surface area contributed by atoms with Crippen LogP contribution in [0.5, 0.6) is 0 Å². The third-order valence-corrected chi connectivity index (χ3v) is 7.45. The normalized spacial score (nSPS) is 39.3. The molecule has 3 aliphatic carbocycles. The second-order valence-electron chi connectivity index (χ2n) is 9.01. The zero-order chi connectivity index (χ0) is 17.8. The van der Waals surface area contributed by atoms with Crippen LogP contribution in [0.2, 0.25) is 0 Å². The van der Waals surface area contributed by atoms with Crippen molar-refractivity contribution >= 4 is 11.6 Å². The van der Waals surface area contributed by atoms with Gasteiger partial charge < -0.3 is 15.4 Å². The number of hydrogen-bond acceptors (Lipinski definition) is 4. The Balaban J connectivity index is 1.39. The van der Waals surface area contributed by atoms with Crippen molar-refractivity contribution in [2.45, 2.75) is 38.3 Å². The minimum atomic E-state index is -0.264. The van der Waals surface area contributed by atoms with E-state index in [2.05, 4.69) is 22.5 Å². The van der Waals surface area contributed by atoms with Crippen LogP contribution in [-0.2, 0) is 4.74 Å². The zero-order valence-electron chi connectivity index (χ0n) is 15.6. The predicted octanol–water partition coefficient (Wildman–Crippen LogP) is 2.70. The number of nitrogens with zero attached hydrogens (tertiary/aromatic N) is 1. The van der Waals surface area contributed by atoms with Crippen LogP contribution in [0.15, 0.2) is 24.3 Å². The van der Waals surface area contributed by atoms with Gasteiger partial charge in [0.25, 0.3) is 5.91 Å². The molecule has 4 atom stereocenters. The number of benzene rings is 1. The molecule has 3 saturated carbocycles. The molecule has 0 aromatic heterocycles. The van der Waals surface area contributed by atoms with Crippen LogP contribution in [-0.4, -0.2) is 49.3 Å². The predicted molar refractivity (Wildman–Crippen MR) is 101 cm³/mol. The topological polar surface area (TPSA) is 53.6 Å². The first kappa shape index (κ1) is 16.6. The maximum Gasteiger partial charge on any atom is 0.255 e. The average Bonchev–Trinajstić information content (AvgIpc) is 2.64. The first-order valence-corrected chi connectivity index (χ1v) is 10.1. The van der Waals surface area contributed by atoms with E-state index in [4.69, 9.17) is 4.74 Å². The monoisotopic (exact) mass is 355 g/mol. The Bertz CT molecular complexity index is 717. The molecule has 5 aliphatic rings. The van der Waals surface area contributed by atoms with Crippen LogP contribution in [0, 0.1) is 17.3 Å². The van der Waals surface area contributed by atoms with Crippen LogP contribution < -0.4 is 10.6 Å². The summed E-state index contributed by atoms with van der Waals surface area (Å²) in [4.78, 5) is 15.3. The minimum Gasteiger partial charge on any atom is -0.379 e. The fraction of sp³-hybridized carbons (Fsp3) is 0.667. The molecular weight excluding hydrogens is 326 g/mol. The molecule has 4 fully saturated rings. The Morgan fingerprint density at radius 3 is 2.85 bits per heavy atom. The third-order valence-electron chi connectivity index (χ3n) is 7.45. The van der Waals surface area contributed by atoms with E-state index in [0.29, 0.717) is 11.8 Å². The molecular formula is C21H29N3O2. The van der Waals surface area contributed by atoms with Crippen molar-refractivity contribution < 1.29 is 9.53 Å². The number of rotatable bonds is 2. The van der Waals surface area contributed by atoms with Gasteiger partial charge in [0.2, 0.25) is 0 Å². The molecule has 140 valence electrons. The molecule has 1 spiro atoms. The van der Waals surface area contributed by atoms with Crippen molar-refractivity contribution in [1.29, 1.82) is 0 Å². The fourth-order valence-electron chi connectivity index (χ4n) is 5.93. The Hall–Kier alpha value is -1.59. The maximum atomic E-state index is 12.8. The highest BCUT2D eigenvalue weighted by Gasteiger charge is 2.58. The lowest BCUT2D eigenvalue weighted by Crippen LogP contribution is -2.69.